The molecule has 1 unspecified atom stereocenters. The molecule has 3 rings (SSSR count). The molecular formula is C15H17ClN2S. The summed E-state index contributed by atoms with van der Waals surface area (Å²) in [5.41, 5.74) is 3.82. The molecule has 1 aliphatic rings. The number of halogens is 1. The van der Waals surface area contributed by atoms with E-state index in [1.807, 2.05) is 0 Å². The van der Waals surface area contributed by atoms with Crippen LogP contribution in [0.15, 0.2) is 29.6 Å². The van der Waals surface area contributed by atoms with Crippen LogP contribution in [0.5, 0.6) is 0 Å². The summed E-state index contributed by atoms with van der Waals surface area (Å²) in [5.74, 6) is 0.503. The van der Waals surface area contributed by atoms with Crippen LogP contribution in [-0.4, -0.2) is 11.5 Å². The second-order valence-corrected chi connectivity index (χ2v) is 5.96. The van der Waals surface area contributed by atoms with Crippen LogP contribution in [0.1, 0.15) is 35.7 Å². The molecule has 0 spiro atoms. The molecule has 2 nitrogen and oxygen atoms in total. The molecule has 19 heavy (non-hydrogen) atoms. The largest absolute Gasteiger partial charge is 0.362 e. The topological polar surface area (TPSA) is 16.1 Å². The molecule has 1 aromatic carbocycles. The molecule has 0 saturated heterocycles. The zero-order valence-electron chi connectivity index (χ0n) is 11.0. The van der Waals surface area contributed by atoms with Gasteiger partial charge in [0.2, 0.25) is 0 Å². The minimum Gasteiger partial charge on any atom is -0.362 e. The third kappa shape index (κ3) is 2.37. The average molecular weight is 293 g/mol. The first-order valence-electron chi connectivity index (χ1n) is 6.68. The number of benzene rings is 1. The lowest BCUT2D eigenvalue weighted by atomic mass is 10.1. The highest BCUT2D eigenvalue weighted by atomic mass is 35.5. The van der Waals surface area contributed by atoms with Gasteiger partial charge in [0.15, 0.2) is 0 Å². The Morgan fingerprint density at radius 3 is 3.00 bits per heavy atom. The normalized spacial score (nSPS) is 15.6. The zero-order valence-corrected chi connectivity index (χ0v) is 12.5. The van der Waals surface area contributed by atoms with Crippen LogP contribution in [0.3, 0.4) is 0 Å². The second-order valence-electron chi connectivity index (χ2n) is 4.81. The van der Waals surface area contributed by atoms with Crippen molar-refractivity contribution < 1.29 is 0 Å². The summed E-state index contributed by atoms with van der Waals surface area (Å²) in [4.78, 5) is 7.15. The monoisotopic (exact) mass is 292 g/mol. The van der Waals surface area contributed by atoms with Crippen LogP contribution in [-0.2, 0) is 12.3 Å². The Hall–Kier alpha value is -1.06. The first-order valence-corrected chi connectivity index (χ1v) is 8.09. The molecule has 0 radical (unpaired) electrons. The van der Waals surface area contributed by atoms with Crippen molar-refractivity contribution in [2.24, 2.45) is 0 Å². The summed E-state index contributed by atoms with van der Waals surface area (Å²) in [6.07, 6.45) is 2.21. The number of nitrogens with zero attached hydrogens (tertiary/aromatic N) is 2. The summed E-state index contributed by atoms with van der Waals surface area (Å²) < 4.78 is 0. The first kappa shape index (κ1) is 12.9. The average Bonchev–Trinajstić information content (AvgIpc) is 3.07. The van der Waals surface area contributed by atoms with E-state index in [2.05, 4.69) is 46.5 Å². The molecule has 100 valence electrons. The Bertz CT molecular complexity index is 567. The Morgan fingerprint density at radius 2 is 2.26 bits per heavy atom. The molecule has 0 bridgehead atoms. The van der Waals surface area contributed by atoms with Gasteiger partial charge >= 0.3 is 0 Å². The quantitative estimate of drug-likeness (QED) is 0.777. The summed E-state index contributed by atoms with van der Waals surface area (Å²) in [7, 11) is 0. The number of aromatic nitrogens is 1. The van der Waals surface area contributed by atoms with Gasteiger partial charge in [-0.3, -0.25) is 0 Å². The van der Waals surface area contributed by atoms with Gasteiger partial charge < -0.3 is 4.90 Å². The van der Waals surface area contributed by atoms with E-state index in [1.165, 1.54) is 16.3 Å². The van der Waals surface area contributed by atoms with Gasteiger partial charge in [-0.1, -0.05) is 25.1 Å². The van der Waals surface area contributed by atoms with Crippen molar-refractivity contribution in [1.82, 2.24) is 4.98 Å². The number of fused-ring (bicyclic) bond motifs is 1. The molecule has 4 heteroatoms. The van der Waals surface area contributed by atoms with E-state index >= 15 is 0 Å². The standard InChI is InChI=1S/C15H17ClN2S/c1-2-13(15-17-12(9-16)10-19-15)18-8-7-11-5-3-4-6-14(11)18/h3-6,10,13H,2,7-9H2,1H3. The predicted molar refractivity (Wildman–Crippen MR) is 82.2 cm³/mol. The summed E-state index contributed by atoms with van der Waals surface area (Å²) >= 11 is 7.59. The summed E-state index contributed by atoms with van der Waals surface area (Å²) in [6, 6.07) is 9.08. The molecule has 1 aromatic heterocycles. The fourth-order valence-corrected chi connectivity index (χ4v) is 4.00. The Labute approximate surface area is 123 Å². The van der Waals surface area contributed by atoms with Crippen molar-refractivity contribution in [3.8, 4) is 0 Å². The molecule has 0 saturated carbocycles. The molecule has 0 amide bonds. The Kier molecular flexibility index (Phi) is 3.76. The molecule has 2 aromatic rings. The summed E-state index contributed by atoms with van der Waals surface area (Å²) in [5, 5.41) is 3.27. The highest BCUT2D eigenvalue weighted by Gasteiger charge is 2.27. The van der Waals surface area contributed by atoms with Crippen molar-refractivity contribution in [3.05, 3.63) is 45.9 Å². The SMILES string of the molecule is CCC(c1nc(CCl)cs1)N1CCc2ccccc21. The van der Waals surface area contributed by atoms with E-state index in [0.717, 1.165) is 25.1 Å². The maximum Gasteiger partial charge on any atom is 0.115 e. The number of anilines is 1. The van der Waals surface area contributed by atoms with Crippen molar-refractivity contribution >= 4 is 28.6 Å². The zero-order chi connectivity index (χ0) is 13.2. The molecule has 0 N–H and O–H groups in total. The summed E-state index contributed by atoms with van der Waals surface area (Å²) in [6.45, 7) is 3.32. The second kappa shape index (κ2) is 5.51. The minimum atomic E-state index is 0.380. The van der Waals surface area contributed by atoms with Crippen molar-refractivity contribution in [1.29, 1.82) is 0 Å². The first-order chi connectivity index (χ1) is 9.33. The van der Waals surface area contributed by atoms with Gasteiger partial charge in [0.25, 0.3) is 0 Å². The number of para-hydroxylation sites is 1. The number of rotatable bonds is 4. The number of hydrogen-bond acceptors (Lipinski definition) is 3. The Balaban J connectivity index is 1.91. The molecule has 0 fully saturated rings. The van der Waals surface area contributed by atoms with Crippen molar-refractivity contribution in [3.63, 3.8) is 0 Å². The third-order valence-electron chi connectivity index (χ3n) is 3.68. The van der Waals surface area contributed by atoms with Gasteiger partial charge in [-0.15, -0.1) is 22.9 Å². The maximum atomic E-state index is 5.86. The van der Waals surface area contributed by atoms with Crippen LogP contribution in [0.4, 0.5) is 5.69 Å². The van der Waals surface area contributed by atoms with E-state index in [1.54, 1.807) is 11.3 Å². The lowest BCUT2D eigenvalue weighted by molar-refractivity contribution is 0.616. The van der Waals surface area contributed by atoms with Crippen LogP contribution in [0, 0.1) is 0 Å². The third-order valence-corrected chi connectivity index (χ3v) is 4.95. The van der Waals surface area contributed by atoms with Crippen LogP contribution < -0.4 is 4.90 Å². The molecule has 1 aliphatic heterocycles. The van der Waals surface area contributed by atoms with Gasteiger partial charge in [0.1, 0.15) is 5.01 Å². The van der Waals surface area contributed by atoms with Gasteiger partial charge in [-0.05, 0) is 24.5 Å². The number of alkyl halides is 1. The highest BCUT2D eigenvalue weighted by molar-refractivity contribution is 7.09. The minimum absolute atomic E-state index is 0.380. The lowest BCUT2D eigenvalue weighted by Gasteiger charge is -2.28. The fraction of sp³-hybridized carbons (Fsp3) is 0.400. The van der Waals surface area contributed by atoms with Crippen LogP contribution in [0.2, 0.25) is 0 Å². The smallest absolute Gasteiger partial charge is 0.115 e. The van der Waals surface area contributed by atoms with Gasteiger partial charge in [0, 0.05) is 17.6 Å². The van der Waals surface area contributed by atoms with Gasteiger partial charge in [-0.2, -0.15) is 0 Å². The van der Waals surface area contributed by atoms with Crippen molar-refractivity contribution in [2.45, 2.75) is 31.7 Å². The number of thiazole rings is 1. The van der Waals surface area contributed by atoms with Gasteiger partial charge in [0.05, 0.1) is 17.6 Å². The highest BCUT2D eigenvalue weighted by Crippen LogP contribution is 2.37. The van der Waals surface area contributed by atoms with E-state index in [-0.39, 0.29) is 0 Å². The molecule has 0 aliphatic carbocycles. The number of hydrogen-bond donors (Lipinski definition) is 0. The molecular weight excluding hydrogens is 276 g/mol. The molecule has 2 heterocycles. The van der Waals surface area contributed by atoms with E-state index in [4.69, 9.17) is 11.6 Å². The van der Waals surface area contributed by atoms with E-state index in [9.17, 15) is 0 Å². The Morgan fingerprint density at radius 1 is 1.42 bits per heavy atom. The predicted octanol–water partition coefficient (Wildman–Crippen LogP) is 4.40. The lowest BCUT2D eigenvalue weighted by Crippen LogP contribution is -2.26. The molecule has 1 atom stereocenters. The fourth-order valence-electron chi connectivity index (χ4n) is 2.75. The van der Waals surface area contributed by atoms with Gasteiger partial charge in [-0.25, -0.2) is 4.98 Å². The van der Waals surface area contributed by atoms with Crippen LogP contribution >= 0.6 is 22.9 Å². The van der Waals surface area contributed by atoms with Crippen molar-refractivity contribution in [2.75, 3.05) is 11.4 Å². The van der Waals surface area contributed by atoms with Crippen LogP contribution in [0.25, 0.3) is 0 Å². The van der Waals surface area contributed by atoms with E-state index < -0.39 is 0 Å². The maximum absolute atomic E-state index is 5.86. The van der Waals surface area contributed by atoms with E-state index in [0.29, 0.717) is 11.9 Å².